The number of amides is 1. The number of aromatic amines is 1. The molecule has 1 aromatic heterocycles. The molecule has 21 heavy (non-hydrogen) atoms. The van der Waals surface area contributed by atoms with Crippen molar-refractivity contribution in [3.63, 3.8) is 0 Å². The third-order valence-electron chi connectivity index (χ3n) is 4.39. The second-order valence-corrected chi connectivity index (χ2v) is 7.48. The first-order valence-corrected chi connectivity index (χ1v) is 8.01. The van der Waals surface area contributed by atoms with Crippen LogP contribution in [-0.4, -0.2) is 39.1 Å². The van der Waals surface area contributed by atoms with Crippen LogP contribution in [0.15, 0.2) is 0 Å². The Morgan fingerprint density at radius 1 is 1.29 bits per heavy atom. The standard InChI is InChI=1S/C16H28N4O/c1-11(2)12-7-6-9-20(10-8-12)14(21)13-17-15(19-18-13)16(3,4)5/h11-12H,6-10H2,1-5H3,(H,17,18,19). The Bertz CT molecular complexity index is 487. The molecule has 0 bridgehead atoms. The van der Waals surface area contributed by atoms with Crippen molar-refractivity contribution in [3.8, 4) is 0 Å². The maximum absolute atomic E-state index is 12.6. The molecule has 118 valence electrons. The number of rotatable bonds is 2. The number of nitrogens with zero attached hydrogens (tertiary/aromatic N) is 3. The summed E-state index contributed by atoms with van der Waals surface area (Å²) in [5, 5.41) is 7.01. The third-order valence-corrected chi connectivity index (χ3v) is 4.39. The molecule has 5 nitrogen and oxygen atoms in total. The summed E-state index contributed by atoms with van der Waals surface area (Å²) in [6.45, 7) is 12.4. The number of nitrogens with one attached hydrogen (secondary N) is 1. The second kappa shape index (κ2) is 6.16. The largest absolute Gasteiger partial charge is 0.336 e. The van der Waals surface area contributed by atoms with E-state index in [4.69, 9.17) is 0 Å². The molecule has 1 amide bonds. The molecule has 0 saturated carbocycles. The summed E-state index contributed by atoms with van der Waals surface area (Å²) in [6, 6.07) is 0. The van der Waals surface area contributed by atoms with Gasteiger partial charge in [0.1, 0.15) is 5.82 Å². The van der Waals surface area contributed by atoms with Crippen LogP contribution in [0, 0.1) is 11.8 Å². The van der Waals surface area contributed by atoms with E-state index in [1.54, 1.807) is 0 Å². The molecule has 0 spiro atoms. The molecule has 1 atom stereocenters. The molecule has 1 aliphatic rings. The summed E-state index contributed by atoms with van der Waals surface area (Å²) in [4.78, 5) is 18.8. The number of H-pyrrole nitrogens is 1. The van der Waals surface area contributed by atoms with Gasteiger partial charge in [-0.15, -0.1) is 5.10 Å². The number of hydrogen-bond acceptors (Lipinski definition) is 3. The normalized spacial score (nSPS) is 20.7. The number of aromatic nitrogens is 3. The van der Waals surface area contributed by atoms with Gasteiger partial charge in [0.25, 0.3) is 5.91 Å². The number of likely N-dealkylation sites (tertiary alicyclic amines) is 1. The molecule has 1 saturated heterocycles. The van der Waals surface area contributed by atoms with Crippen LogP contribution in [0.1, 0.15) is 70.3 Å². The Balaban J connectivity index is 2.05. The van der Waals surface area contributed by atoms with Crippen molar-refractivity contribution >= 4 is 5.91 Å². The van der Waals surface area contributed by atoms with Crippen molar-refractivity contribution in [3.05, 3.63) is 11.6 Å². The van der Waals surface area contributed by atoms with Crippen molar-refractivity contribution in [2.75, 3.05) is 13.1 Å². The van der Waals surface area contributed by atoms with Gasteiger partial charge in [-0.1, -0.05) is 34.6 Å². The summed E-state index contributed by atoms with van der Waals surface area (Å²) in [7, 11) is 0. The zero-order chi connectivity index (χ0) is 15.6. The van der Waals surface area contributed by atoms with Gasteiger partial charge in [0.2, 0.25) is 5.82 Å². The molecule has 5 heteroatoms. The smallest absolute Gasteiger partial charge is 0.293 e. The predicted octanol–water partition coefficient (Wildman–Crippen LogP) is 3.00. The minimum Gasteiger partial charge on any atom is -0.336 e. The molecular formula is C16H28N4O. The fourth-order valence-corrected chi connectivity index (χ4v) is 2.83. The Morgan fingerprint density at radius 2 is 2.00 bits per heavy atom. The molecule has 2 rings (SSSR count). The molecular weight excluding hydrogens is 264 g/mol. The van der Waals surface area contributed by atoms with Crippen molar-refractivity contribution < 1.29 is 4.79 Å². The van der Waals surface area contributed by atoms with Crippen LogP contribution in [0.2, 0.25) is 0 Å². The van der Waals surface area contributed by atoms with Crippen LogP contribution >= 0.6 is 0 Å². The average Bonchev–Trinajstić information content (AvgIpc) is 2.76. The Hall–Kier alpha value is -1.39. The fourth-order valence-electron chi connectivity index (χ4n) is 2.83. The van der Waals surface area contributed by atoms with Crippen LogP contribution < -0.4 is 0 Å². The van der Waals surface area contributed by atoms with Gasteiger partial charge in [-0.2, -0.15) is 0 Å². The topological polar surface area (TPSA) is 61.9 Å². The van der Waals surface area contributed by atoms with Crippen molar-refractivity contribution in [2.24, 2.45) is 11.8 Å². The van der Waals surface area contributed by atoms with Gasteiger partial charge in [0, 0.05) is 18.5 Å². The number of carbonyl (C=O) groups is 1. The quantitative estimate of drug-likeness (QED) is 0.911. The first-order chi connectivity index (χ1) is 9.79. The lowest BCUT2D eigenvalue weighted by molar-refractivity contribution is 0.0747. The van der Waals surface area contributed by atoms with Gasteiger partial charge >= 0.3 is 0 Å². The fraction of sp³-hybridized carbons (Fsp3) is 0.812. The Kier molecular flexibility index (Phi) is 4.69. The van der Waals surface area contributed by atoms with Gasteiger partial charge in [-0.05, 0) is 31.1 Å². The monoisotopic (exact) mass is 292 g/mol. The van der Waals surface area contributed by atoms with Gasteiger partial charge in [-0.3, -0.25) is 9.89 Å². The van der Waals surface area contributed by atoms with E-state index in [1.165, 1.54) is 6.42 Å². The first kappa shape index (κ1) is 16.0. The molecule has 0 aromatic carbocycles. The number of hydrogen-bond donors (Lipinski definition) is 1. The predicted molar refractivity (Wildman–Crippen MR) is 83.2 cm³/mol. The molecule has 1 fully saturated rings. The summed E-state index contributed by atoms with van der Waals surface area (Å²) in [5.41, 5.74) is -0.118. The molecule has 0 aliphatic carbocycles. The molecule has 1 unspecified atom stereocenters. The summed E-state index contributed by atoms with van der Waals surface area (Å²) >= 11 is 0. The van der Waals surface area contributed by atoms with E-state index in [2.05, 4.69) is 49.8 Å². The lowest BCUT2D eigenvalue weighted by atomic mass is 9.89. The van der Waals surface area contributed by atoms with E-state index < -0.39 is 0 Å². The van der Waals surface area contributed by atoms with Crippen molar-refractivity contribution in [1.82, 2.24) is 20.1 Å². The van der Waals surface area contributed by atoms with Crippen molar-refractivity contribution in [2.45, 2.75) is 59.3 Å². The zero-order valence-corrected chi connectivity index (χ0v) is 13.9. The highest BCUT2D eigenvalue weighted by molar-refractivity contribution is 5.90. The molecule has 1 aliphatic heterocycles. The molecule has 2 heterocycles. The second-order valence-electron chi connectivity index (χ2n) is 7.48. The lowest BCUT2D eigenvalue weighted by Crippen LogP contribution is -2.33. The zero-order valence-electron chi connectivity index (χ0n) is 13.9. The summed E-state index contributed by atoms with van der Waals surface area (Å²) in [5.74, 6) is 2.45. The molecule has 1 aromatic rings. The highest BCUT2D eigenvalue weighted by atomic mass is 16.2. The third kappa shape index (κ3) is 3.83. The minimum absolute atomic E-state index is 0.0360. The van der Waals surface area contributed by atoms with E-state index in [0.717, 1.165) is 37.7 Å². The van der Waals surface area contributed by atoms with E-state index in [9.17, 15) is 4.79 Å². The average molecular weight is 292 g/mol. The van der Waals surface area contributed by atoms with Crippen LogP contribution in [-0.2, 0) is 5.41 Å². The summed E-state index contributed by atoms with van der Waals surface area (Å²) < 4.78 is 0. The summed E-state index contributed by atoms with van der Waals surface area (Å²) in [6.07, 6.45) is 3.37. The first-order valence-electron chi connectivity index (χ1n) is 8.01. The van der Waals surface area contributed by atoms with Gasteiger partial charge in [0.05, 0.1) is 0 Å². The van der Waals surface area contributed by atoms with Crippen LogP contribution in [0.25, 0.3) is 0 Å². The maximum atomic E-state index is 12.6. The van der Waals surface area contributed by atoms with E-state index in [-0.39, 0.29) is 11.3 Å². The SMILES string of the molecule is CC(C)C1CCCN(C(=O)c2n[nH]c(C(C)(C)C)n2)CC1. The highest BCUT2D eigenvalue weighted by Crippen LogP contribution is 2.25. The number of carbonyl (C=O) groups excluding carboxylic acids is 1. The Morgan fingerprint density at radius 3 is 2.57 bits per heavy atom. The van der Waals surface area contributed by atoms with Crippen LogP contribution in [0.4, 0.5) is 0 Å². The van der Waals surface area contributed by atoms with Crippen LogP contribution in [0.3, 0.4) is 0 Å². The molecule has 0 radical (unpaired) electrons. The van der Waals surface area contributed by atoms with E-state index >= 15 is 0 Å². The van der Waals surface area contributed by atoms with Gasteiger partial charge < -0.3 is 4.90 Å². The molecule has 1 N–H and O–H groups in total. The minimum atomic E-state index is -0.118. The lowest BCUT2D eigenvalue weighted by Gasteiger charge is -2.20. The van der Waals surface area contributed by atoms with Crippen LogP contribution in [0.5, 0.6) is 0 Å². The Labute approximate surface area is 127 Å². The maximum Gasteiger partial charge on any atom is 0.293 e. The van der Waals surface area contributed by atoms with Gasteiger partial charge in [0.15, 0.2) is 0 Å². The van der Waals surface area contributed by atoms with E-state index in [0.29, 0.717) is 11.7 Å². The highest BCUT2D eigenvalue weighted by Gasteiger charge is 2.27. The van der Waals surface area contributed by atoms with Crippen molar-refractivity contribution in [1.29, 1.82) is 0 Å². The van der Waals surface area contributed by atoms with Gasteiger partial charge in [-0.25, -0.2) is 4.98 Å². The van der Waals surface area contributed by atoms with E-state index in [1.807, 2.05) is 4.90 Å².